The summed E-state index contributed by atoms with van der Waals surface area (Å²) in [5.74, 6) is 0.955. The average Bonchev–Trinajstić information content (AvgIpc) is 3.37. The molecule has 1 aromatic heterocycles. The number of aromatic nitrogens is 2. The smallest absolute Gasteiger partial charge is 0.150 e. The Morgan fingerprint density at radius 3 is 2.50 bits per heavy atom. The van der Waals surface area contributed by atoms with Gasteiger partial charge in [-0.05, 0) is 49.9 Å². The van der Waals surface area contributed by atoms with E-state index in [4.69, 9.17) is 0 Å². The van der Waals surface area contributed by atoms with Crippen LogP contribution in [-0.4, -0.2) is 16.8 Å². The van der Waals surface area contributed by atoms with Gasteiger partial charge >= 0.3 is 0 Å². The molecule has 0 aliphatic heterocycles. The lowest BCUT2D eigenvalue weighted by Crippen LogP contribution is -2.04. The summed E-state index contributed by atoms with van der Waals surface area (Å²) in [6.07, 6.45) is 4.85. The molecule has 0 spiro atoms. The Morgan fingerprint density at radius 1 is 1.15 bits per heavy atom. The van der Waals surface area contributed by atoms with Crippen molar-refractivity contribution in [2.24, 2.45) is 0 Å². The van der Waals surface area contributed by atoms with Gasteiger partial charge in [-0.1, -0.05) is 0 Å². The van der Waals surface area contributed by atoms with Crippen LogP contribution >= 0.6 is 0 Å². The van der Waals surface area contributed by atoms with Gasteiger partial charge in [0, 0.05) is 30.3 Å². The van der Waals surface area contributed by atoms with Crippen molar-refractivity contribution in [2.75, 3.05) is 12.4 Å². The quantitative estimate of drug-likeness (QED) is 0.916. The Balaban J connectivity index is 1.80. The monoisotopic (exact) mass is 271 g/mol. The number of nitrogens with zero attached hydrogens (tertiary/aromatic N) is 2. The van der Waals surface area contributed by atoms with Crippen molar-refractivity contribution in [1.29, 1.82) is 0 Å². The van der Waals surface area contributed by atoms with Gasteiger partial charge in [0.25, 0.3) is 0 Å². The molecule has 2 saturated carbocycles. The van der Waals surface area contributed by atoms with Crippen LogP contribution in [0.15, 0.2) is 24.3 Å². The summed E-state index contributed by atoms with van der Waals surface area (Å²) in [5.41, 5.74) is 3.68. The second-order valence-corrected chi connectivity index (χ2v) is 5.87. The van der Waals surface area contributed by atoms with Gasteiger partial charge in [-0.3, -0.25) is 0 Å². The maximum Gasteiger partial charge on any atom is 0.150 e. The van der Waals surface area contributed by atoms with Crippen LogP contribution in [0, 0.1) is 5.82 Å². The maximum absolute atomic E-state index is 14.3. The van der Waals surface area contributed by atoms with E-state index in [9.17, 15) is 4.39 Å². The zero-order chi connectivity index (χ0) is 13.7. The second kappa shape index (κ2) is 4.33. The van der Waals surface area contributed by atoms with E-state index in [1.54, 1.807) is 7.05 Å². The van der Waals surface area contributed by atoms with Crippen molar-refractivity contribution in [1.82, 2.24) is 9.78 Å². The van der Waals surface area contributed by atoms with Crippen LogP contribution in [0.4, 0.5) is 10.1 Å². The fraction of sp³-hybridized carbons (Fsp3) is 0.438. The Hall–Kier alpha value is -1.84. The van der Waals surface area contributed by atoms with Gasteiger partial charge in [-0.2, -0.15) is 5.10 Å². The number of hydrogen-bond acceptors (Lipinski definition) is 2. The van der Waals surface area contributed by atoms with E-state index < -0.39 is 0 Å². The first-order valence-corrected chi connectivity index (χ1v) is 7.34. The highest BCUT2D eigenvalue weighted by molar-refractivity contribution is 5.50. The van der Waals surface area contributed by atoms with Crippen LogP contribution < -0.4 is 5.32 Å². The van der Waals surface area contributed by atoms with Crippen LogP contribution in [0.25, 0.3) is 5.69 Å². The first kappa shape index (κ1) is 11.9. The van der Waals surface area contributed by atoms with Crippen molar-refractivity contribution < 1.29 is 4.39 Å². The number of halogens is 1. The fourth-order valence-electron chi connectivity index (χ4n) is 2.69. The molecule has 2 aliphatic rings. The molecule has 2 aliphatic carbocycles. The Bertz CT molecular complexity index is 654. The summed E-state index contributed by atoms with van der Waals surface area (Å²) in [7, 11) is 1.79. The summed E-state index contributed by atoms with van der Waals surface area (Å²) in [6, 6.07) is 7.44. The predicted molar refractivity (Wildman–Crippen MR) is 77.0 cm³/mol. The van der Waals surface area contributed by atoms with Gasteiger partial charge in [0.2, 0.25) is 0 Å². The van der Waals surface area contributed by atoms with Crippen LogP contribution in [0.1, 0.15) is 48.9 Å². The zero-order valence-electron chi connectivity index (χ0n) is 11.6. The lowest BCUT2D eigenvalue weighted by Gasteiger charge is -2.09. The van der Waals surface area contributed by atoms with Gasteiger partial charge in [-0.15, -0.1) is 0 Å². The second-order valence-electron chi connectivity index (χ2n) is 5.87. The third kappa shape index (κ3) is 1.99. The highest BCUT2D eigenvalue weighted by Crippen LogP contribution is 2.45. The summed E-state index contributed by atoms with van der Waals surface area (Å²) in [6.45, 7) is 0. The van der Waals surface area contributed by atoms with Crippen molar-refractivity contribution in [3.63, 3.8) is 0 Å². The van der Waals surface area contributed by atoms with Crippen LogP contribution in [0.2, 0.25) is 0 Å². The van der Waals surface area contributed by atoms with E-state index in [0.29, 0.717) is 17.5 Å². The van der Waals surface area contributed by atoms with Crippen molar-refractivity contribution >= 4 is 5.69 Å². The molecule has 0 bridgehead atoms. The van der Waals surface area contributed by atoms with Crippen molar-refractivity contribution in [3.8, 4) is 5.69 Å². The fourth-order valence-corrected chi connectivity index (χ4v) is 2.69. The molecule has 0 saturated heterocycles. The topological polar surface area (TPSA) is 29.9 Å². The zero-order valence-corrected chi connectivity index (χ0v) is 11.6. The first-order valence-electron chi connectivity index (χ1n) is 7.34. The molecule has 1 aromatic carbocycles. The predicted octanol–water partition coefficient (Wildman–Crippen LogP) is 3.81. The molecule has 4 rings (SSSR count). The van der Waals surface area contributed by atoms with E-state index in [2.05, 4.69) is 16.5 Å². The van der Waals surface area contributed by atoms with Crippen molar-refractivity contribution in [3.05, 3.63) is 41.5 Å². The minimum absolute atomic E-state index is 0.218. The highest BCUT2D eigenvalue weighted by Gasteiger charge is 2.33. The first-order chi connectivity index (χ1) is 9.76. The molecule has 4 heteroatoms. The van der Waals surface area contributed by atoms with E-state index in [1.807, 2.05) is 16.8 Å². The molecule has 0 unspecified atom stereocenters. The molecule has 0 atom stereocenters. The minimum Gasteiger partial charge on any atom is -0.388 e. The molecule has 1 heterocycles. The van der Waals surface area contributed by atoms with Crippen molar-refractivity contribution in [2.45, 2.75) is 37.5 Å². The third-order valence-electron chi connectivity index (χ3n) is 4.21. The van der Waals surface area contributed by atoms with Crippen LogP contribution in [0.3, 0.4) is 0 Å². The molecule has 20 heavy (non-hydrogen) atoms. The third-order valence-corrected chi connectivity index (χ3v) is 4.21. The van der Waals surface area contributed by atoms with Gasteiger partial charge < -0.3 is 5.32 Å². The largest absolute Gasteiger partial charge is 0.388 e. The molecule has 1 N–H and O–H groups in total. The van der Waals surface area contributed by atoms with E-state index in [0.717, 1.165) is 11.4 Å². The molecule has 104 valence electrons. The Morgan fingerprint density at radius 2 is 1.90 bits per heavy atom. The molecule has 0 amide bonds. The molecular weight excluding hydrogens is 253 g/mol. The lowest BCUT2D eigenvalue weighted by molar-refractivity contribution is 0.606. The van der Waals surface area contributed by atoms with Gasteiger partial charge in [-0.25, -0.2) is 9.07 Å². The Kier molecular flexibility index (Phi) is 2.59. The number of nitrogens with one attached hydrogen (secondary N) is 1. The summed E-state index contributed by atoms with van der Waals surface area (Å²) in [4.78, 5) is 0. The number of anilines is 1. The van der Waals surface area contributed by atoms with Crippen LogP contribution in [0.5, 0.6) is 0 Å². The van der Waals surface area contributed by atoms with Gasteiger partial charge in [0.05, 0.1) is 5.69 Å². The average molecular weight is 271 g/mol. The van der Waals surface area contributed by atoms with Gasteiger partial charge in [0.1, 0.15) is 5.69 Å². The molecule has 2 fully saturated rings. The molecule has 2 aromatic rings. The van der Waals surface area contributed by atoms with E-state index >= 15 is 0 Å². The molecular formula is C16H18FN3. The number of benzene rings is 1. The summed E-state index contributed by atoms with van der Waals surface area (Å²) >= 11 is 0. The Labute approximate surface area is 117 Å². The lowest BCUT2D eigenvalue weighted by atomic mass is 10.2. The standard InChI is InChI=1S/C16H18FN3/c1-18-12-6-7-15(13(17)8-12)20-16(11-4-5-11)9-14(19-20)10-2-3-10/h6-11,18H,2-5H2,1H3. The van der Waals surface area contributed by atoms with Gasteiger partial charge in [0.15, 0.2) is 5.82 Å². The van der Waals surface area contributed by atoms with Crippen LogP contribution in [-0.2, 0) is 0 Å². The molecule has 3 nitrogen and oxygen atoms in total. The molecule has 0 radical (unpaired) electrons. The van der Waals surface area contributed by atoms with E-state index in [1.165, 1.54) is 37.4 Å². The number of hydrogen-bond donors (Lipinski definition) is 1. The SMILES string of the molecule is CNc1ccc(-n2nc(C3CC3)cc2C2CC2)c(F)c1. The highest BCUT2D eigenvalue weighted by atomic mass is 19.1. The summed E-state index contributed by atoms with van der Waals surface area (Å²) < 4.78 is 16.1. The minimum atomic E-state index is -0.218. The van der Waals surface area contributed by atoms with E-state index in [-0.39, 0.29) is 5.82 Å². The maximum atomic E-state index is 14.3. The normalized spacial score (nSPS) is 18.3. The number of rotatable bonds is 4. The summed E-state index contributed by atoms with van der Waals surface area (Å²) in [5, 5.41) is 7.64.